The minimum atomic E-state index is -3.48. The molecule has 1 aromatic carbocycles. The van der Waals surface area contributed by atoms with Gasteiger partial charge >= 0.3 is 0 Å². The number of halogens is 1. The van der Waals surface area contributed by atoms with Gasteiger partial charge in [0, 0.05) is 30.6 Å². The first-order valence-corrected chi connectivity index (χ1v) is 14.9. The highest BCUT2D eigenvalue weighted by Crippen LogP contribution is 2.34. The molecule has 2 aliphatic heterocycles. The number of sulfone groups is 1. The lowest BCUT2D eigenvalue weighted by Crippen LogP contribution is -2.47. The molecule has 3 heterocycles. The van der Waals surface area contributed by atoms with Crippen LogP contribution in [0.5, 0.6) is 0 Å². The van der Waals surface area contributed by atoms with E-state index in [1.54, 1.807) is 11.3 Å². The molecule has 1 amide bonds. The third-order valence-electron chi connectivity index (χ3n) is 7.01. The highest BCUT2D eigenvalue weighted by atomic mass is 32.2. The number of aryl methyl sites for hydroxylation is 1. The summed E-state index contributed by atoms with van der Waals surface area (Å²) in [7, 11) is -3.48. The summed E-state index contributed by atoms with van der Waals surface area (Å²) in [6.07, 6.45) is 3.36. The fourth-order valence-electron chi connectivity index (χ4n) is 4.92. The molecule has 0 bridgehead atoms. The van der Waals surface area contributed by atoms with E-state index in [0.29, 0.717) is 18.9 Å². The minimum Gasteiger partial charge on any atom is -0.371 e. The number of nitrogens with one attached hydrogen (secondary N) is 1. The molecule has 0 radical (unpaired) electrons. The normalized spacial score (nSPS) is 19.7. The van der Waals surface area contributed by atoms with Gasteiger partial charge in [0.2, 0.25) is 5.91 Å². The lowest BCUT2D eigenvalue weighted by Gasteiger charge is -2.36. The maximum Gasteiger partial charge on any atom is 0.245 e. The van der Waals surface area contributed by atoms with Crippen molar-refractivity contribution in [2.45, 2.75) is 76.3 Å². The second-order valence-corrected chi connectivity index (χ2v) is 12.9. The number of nitrogens with zero attached hydrogens (tertiary/aromatic N) is 3. The molecule has 0 spiro atoms. The van der Waals surface area contributed by atoms with Crippen molar-refractivity contribution in [1.82, 2.24) is 9.88 Å². The second-order valence-electron chi connectivity index (χ2n) is 9.59. The van der Waals surface area contributed by atoms with Crippen molar-refractivity contribution in [3.63, 3.8) is 0 Å². The first-order chi connectivity index (χ1) is 16.6. The van der Waals surface area contributed by atoms with Gasteiger partial charge in [0.05, 0.1) is 22.0 Å². The van der Waals surface area contributed by atoms with Gasteiger partial charge in [-0.2, -0.15) is 0 Å². The molecule has 2 saturated heterocycles. The lowest BCUT2D eigenvalue weighted by molar-refractivity contribution is -0.130. The average molecular weight is 523 g/mol. The number of carbonyl (C=O) groups excluding carboxylic acids is 1. The van der Waals surface area contributed by atoms with E-state index in [2.05, 4.69) is 31.0 Å². The second kappa shape index (κ2) is 10.4. The number of piperidine rings is 1. The zero-order valence-electron chi connectivity index (χ0n) is 20.9. The molecule has 7 nitrogen and oxygen atoms in total. The van der Waals surface area contributed by atoms with Crippen molar-refractivity contribution in [3.05, 3.63) is 34.6 Å². The quantitative estimate of drug-likeness (QED) is 0.552. The summed E-state index contributed by atoms with van der Waals surface area (Å²) < 4.78 is 38.6. The standard InChI is InChI=1S/C25H35FN4O3S2/c1-5-22-23(16(3)4)28-25(34-22)29-12-9-17(10-13-29)30-14-11-21(24(30)31)27-20-8-7-18(15-19(20)26)35(32,33)6-2/h7-8,15-17,21,27H,5-6,9-14H2,1-4H3. The van der Waals surface area contributed by atoms with Crippen LogP contribution in [-0.4, -0.2) is 61.7 Å². The Bertz CT molecular complexity index is 1170. The van der Waals surface area contributed by atoms with Crippen molar-refractivity contribution in [2.75, 3.05) is 35.6 Å². The van der Waals surface area contributed by atoms with Gasteiger partial charge in [-0.05, 0) is 49.8 Å². The molecule has 35 heavy (non-hydrogen) atoms. The van der Waals surface area contributed by atoms with E-state index in [-0.39, 0.29) is 28.3 Å². The van der Waals surface area contributed by atoms with E-state index in [9.17, 15) is 17.6 Å². The Kier molecular flexibility index (Phi) is 7.71. The Morgan fingerprint density at radius 1 is 1.17 bits per heavy atom. The van der Waals surface area contributed by atoms with Gasteiger partial charge in [-0.1, -0.05) is 27.7 Å². The van der Waals surface area contributed by atoms with E-state index < -0.39 is 21.7 Å². The van der Waals surface area contributed by atoms with Gasteiger partial charge in [-0.25, -0.2) is 17.8 Å². The molecule has 1 atom stereocenters. The fourth-order valence-corrected chi connectivity index (χ4v) is 7.02. The summed E-state index contributed by atoms with van der Waals surface area (Å²) >= 11 is 1.79. The van der Waals surface area contributed by atoms with Crippen LogP contribution in [0.15, 0.2) is 23.1 Å². The van der Waals surface area contributed by atoms with Gasteiger partial charge in [0.1, 0.15) is 11.9 Å². The Balaban J connectivity index is 1.36. The van der Waals surface area contributed by atoms with E-state index in [0.717, 1.165) is 43.5 Å². The fraction of sp³-hybridized carbons (Fsp3) is 0.600. The Labute approximate surface area is 211 Å². The third-order valence-corrected chi connectivity index (χ3v) is 10.0. The predicted molar refractivity (Wildman–Crippen MR) is 139 cm³/mol. The number of benzene rings is 1. The van der Waals surface area contributed by atoms with Crippen molar-refractivity contribution < 1.29 is 17.6 Å². The van der Waals surface area contributed by atoms with Gasteiger partial charge < -0.3 is 15.1 Å². The van der Waals surface area contributed by atoms with Crippen LogP contribution < -0.4 is 10.2 Å². The molecule has 1 unspecified atom stereocenters. The van der Waals surface area contributed by atoms with Crippen LogP contribution in [0.4, 0.5) is 15.2 Å². The largest absolute Gasteiger partial charge is 0.371 e. The average Bonchev–Trinajstić information content (AvgIpc) is 3.44. The number of anilines is 2. The van der Waals surface area contributed by atoms with E-state index in [1.807, 2.05) is 4.90 Å². The van der Waals surface area contributed by atoms with Crippen LogP contribution >= 0.6 is 11.3 Å². The smallest absolute Gasteiger partial charge is 0.245 e. The van der Waals surface area contributed by atoms with Gasteiger partial charge in [0.15, 0.2) is 15.0 Å². The summed E-state index contributed by atoms with van der Waals surface area (Å²) in [6.45, 7) is 10.4. The molecule has 192 valence electrons. The summed E-state index contributed by atoms with van der Waals surface area (Å²) in [4.78, 5) is 23.6. The van der Waals surface area contributed by atoms with Crippen LogP contribution in [0.2, 0.25) is 0 Å². The van der Waals surface area contributed by atoms with Crippen LogP contribution in [0.3, 0.4) is 0 Å². The molecule has 2 fully saturated rings. The first-order valence-electron chi connectivity index (χ1n) is 12.5. The van der Waals surface area contributed by atoms with Crippen molar-refractivity contribution in [2.24, 2.45) is 0 Å². The van der Waals surface area contributed by atoms with Crippen molar-refractivity contribution in [1.29, 1.82) is 0 Å². The lowest BCUT2D eigenvalue weighted by atomic mass is 10.0. The van der Waals surface area contributed by atoms with E-state index >= 15 is 0 Å². The van der Waals surface area contributed by atoms with E-state index in [4.69, 9.17) is 4.98 Å². The number of amides is 1. The molecule has 2 aliphatic rings. The van der Waals surface area contributed by atoms with Crippen molar-refractivity contribution in [3.8, 4) is 0 Å². The monoisotopic (exact) mass is 522 g/mol. The SMILES string of the molecule is CCc1sc(N2CCC(N3CCC(Nc4ccc(S(=O)(=O)CC)cc4F)C3=O)CC2)nc1C(C)C. The zero-order valence-corrected chi connectivity index (χ0v) is 22.5. The molecular formula is C25H35FN4O3S2. The molecule has 0 aliphatic carbocycles. The molecule has 1 N–H and O–H groups in total. The number of hydrogen-bond acceptors (Lipinski definition) is 7. The summed E-state index contributed by atoms with van der Waals surface area (Å²) in [5.41, 5.74) is 1.36. The Hall–Kier alpha value is -2.20. The maximum absolute atomic E-state index is 14.6. The number of carbonyl (C=O) groups is 1. The Morgan fingerprint density at radius 2 is 1.89 bits per heavy atom. The number of aromatic nitrogens is 1. The van der Waals surface area contributed by atoms with Crippen molar-refractivity contribution >= 4 is 37.9 Å². The van der Waals surface area contributed by atoms with Gasteiger partial charge in [-0.3, -0.25) is 4.79 Å². The van der Waals surface area contributed by atoms with Gasteiger partial charge in [0.25, 0.3) is 0 Å². The van der Waals surface area contributed by atoms with E-state index in [1.165, 1.54) is 29.6 Å². The highest BCUT2D eigenvalue weighted by Gasteiger charge is 2.38. The summed E-state index contributed by atoms with van der Waals surface area (Å²) in [6, 6.07) is 3.50. The maximum atomic E-state index is 14.6. The first kappa shape index (κ1) is 25.9. The minimum absolute atomic E-state index is 0.0160. The summed E-state index contributed by atoms with van der Waals surface area (Å²) in [5, 5.41) is 4.09. The molecular weight excluding hydrogens is 487 g/mol. The molecule has 4 rings (SSSR count). The third kappa shape index (κ3) is 5.33. The molecule has 1 aromatic heterocycles. The van der Waals surface area contributed by atoms with Crippen LogP contribution in [-0.2, 0) is 21.1 Å². The number of hydrogen-bond donors (Lipinski definition) is 1. The topological polar surface area (TPSA) is 82.6 Å². The summed E-state index contributed by atoms with van der Waals surface area (Å²) in [5.74, 6) is -0.348. The molecule has 10 heteroatoms. The number of likely N-dealkylation sites (tertiary alicyclic amines) is 1. The van der Waals surface area contributed by atoms with Crippen LogP contribution in [0.25, 0.3) is 0 Å². The molecule has 0 saturated carbocycles. The number of thiazole rings is 1. The zero-order chi connectivity index (χ0) is 25.3. The Morgan fingerprint density at radius 3 is 2.46 bits per heavy atom. The number of rotatable bonds is 8. The highest BCUT2D eigenvalue weighted by molar-refractivity contribution is 7.91. The van der Waals surface area contributed by atoms with Crippen LogP contribution in [0, 0.1) is 5.82 Å². The molecule has 2 aromatic rings. The van der Waals surface area contributed by atoms with Crippen LogP contribution in [0.1, 0.15) is 63.4 Å². The van der Waals surface area contributed by atoms with Gasteiger partial charge in [-0.15, -0.1) is 11.3 Å². The predicted octanol–water partition coefficient (Wildman–Crippen LogP) is 4.44.